The Balaban J connectivity index is 0.952. The maximum absolute atomic E-state index is 12.8. The van der Waals surface area contributed by atoms with Gasteiger partial charge in [0, 0.05) is 37.3 Å². The van der Waals surface area contributed by atoms with Gasteiger partial charge in [-0.2, -0.15) is 0 Å². The van der Waals surface area contributed by atoms with Gasteiger partial charge in [0.2, 0.25) is 11.8 Å². The summed E-state index contributed by atoms with van der Waals surface area (Å²) in [5, 5.41) is 6.09. The van der Waals surface area contributed by atoms with Gasteiger partial charge in [-0.05, 0) is 116 Å². The highest BCUT2D eigenvalue weighted by molar-refractivity contribution is 5.96. The number of hydrogen-bond acceptors (Lipinski definition) is 5. The molecule has 12 atom stereocenters. The highest BCUT2D eigenvalue weighted by Crippen LogP contribution is 2.71. The smallest absolute Gasteiger partial charge is 0.229 e. The molecule has 7 rings (SSSR count). The van der Waals surface area contributed by atoms with Gasteiger partial charge >= 0.3 is 0 Å². The molecule has 2 N–H and O–H groups in total. The molecule has 0 radical (unpaired) electrons. The Hall–Kier alpha value is -1.99. The van der Waals surface area contributed by atoms with Crippen LogP contribution in [0.4, 0.5) is 0 Å². The van der Waals surface area contributed by atoms with Crippen molar-refractivity contribution in [1.82, 2.24) is 15.6 Å². The van der Waals surface area contributed by atoms with Gasteiger partial charge in [0.05, 0.1) is 12.7 Å². The fourth-order valence-electron chi connectivity index (χ4n) is 11.6. The van der Waals surface area contributed by atoms with E-state index in [1.54, 1.807) is 12.4 Å². The van der Waals surface area contributed by atoms with Crippen LogP contribution in [0, 0.1) is 52.3 Å². The average molecular weight is 592 g/mol. The Labute approximate surface area is 258 Å². The van der Waals surface area contributed by atoms with Crippen molar-refractivity contribution in [2.75, 3.05) is 6.61 Å². The van der Waals surface area contributed by atoms with Crippen LogP contribution in [0.1, 0.15) is 104 Å². The molecule has 7 heteroatoms. The first-order chi connectivity index (χ1) is 20.6. The number of rotatable bonds is 5. The summed E-state index contributed by atoms with van der Waals surface area (Å²) in [6.07, 6.45) is 15.7. The summed E-state index contributed by atoms with van der Waals surface area (Å²) in [6.45, 7) is 11.2. The number of carbonyl (C=O) groups excluding carboxylic acids is 2. The molecular weight excluding hydrogens is 538 g/mol. The van der Waals surface area contributed by atoms with Crippen molar-refractivity contribution in [3.63, 3.8) is 0 Å². The Morgan fingerprint density at radius 3 is 2.58 bits per heavy atom. The summed E-state index contributed by atoms with van der Waals surface area (Å²) in [5.41, 5.74) is 1.63. The highest BCUT2D eigenvalue weighted by Gasteiger charge is 2.69. The Morgan fingerprint density at radius 2 is 1.81 bits per heavy atom. The third kappa shape index (κ3) is 5.05. The molecule has 7 nitrogen and oxygen atoms in total. The third-order valence-corrected chi connectivity index (χ3v) is 13.8. The van der Waals surface area contributed by atoms with E-state index in [1.165, 1.54) is 44.9 Å². The SMILES string of the molecule is C[C@H]1CC[C@@]2(OC1)O[C@H]1C[C@H]3[C@@H]4CC[C@@H]5C[C@H](NC(=O)CC(=O)NCc6cccnc6)CC[C@]5(C)[C@H]4CC[C@]3(C)[C@H]1[C@@H]2C. The van der Waals surface area contributed by atoms with Crippen molar-refractivity contribution in [2.45, 2.75) is 123 Å². The fraction of sp³-hybridized carbons (Fsp3) is 0.806. The Bertz CT molecular complexity index is 1200. The van der Waals surface area contributed by atoms with Gasteiger partial charge in [-0.15, -0.1) is 0 Å². The van der Waals surface area contributed by atoms with Crippen LogP contribution < -0.4 is 10.6 Å². The van der Waals surface area contributed by atoms with Crippen LogP contribution in [0.3, 0.4) is 0 Å². The molecule has 4 saturated carbocycles. The number of fused-ring (bicyclic) bond motifs is 7. The van der Waals surface area contributed by atoms with Crippen molar-refractivity contribution in [3.8, 4) is 0 Å². The molecule has 2 saturated heterocycles. The minimum Gasteiger partial charge on any atom is -0.353 e. The van der Waals surface area contributed by atoms with Crippen LogP contribution in [-0.2, 0) is 25.6 Å². The minimum absolute atomic E-state index is 0.113. The molecule has 0 bridgehead atoms. The molecule has 6 aliphatic rings. The first kappa shape index (κ1) is 29.7. The van der Waals surface area contributed by atoms with Gasteiger partial charge in [0.1, 0.15) is 6.42 Å². The molecule has 0 aromatic carbocycles. The average Bonchev–Trinajstić information content (AvgIpc) is 3.44. The van der Waals surface area contributed by atoms with E-state index < -0.39 is 0 Å². The summed E-state index contributed by atoms with van der Waals surface area (Å²) in [6, 6.07) is 3.94. The van der Waals surface area contributed by atoms with Gasteiger partial charge in [-0.1, -0.05) is 33.8 Å². The molecule has 1 aromatic rings. The standard InChI is InChI=1S/C36H53N3O4/c1-22-9-14-36(42-21-22)23(2)33-30(43-36)17-29-27-8-7-25-16-26(10-12-34(25,3)28(27)11-13-35(29,33)4)39-32(41)18-31(40)38-20-24-6-5-15-37-19-24/h5-6,15,19,22-23,25-30,33H,7-14,16-18,20-21H2,1-4H3,(H,38,40)(H,39,41)/t22-,23-,25+,26+,27+,28-,29-,30-,33-,34-,35-,36+/m0/s1. The molecule has 3 heterocycles. The van der Waals surface area contributed by atoms with Gasteiger partial charge in [0.15, 0.2) is 5.79 Å². The molecule has 0 unspecified atom stereocenters. The number of pyridine rings is 1. The number of amides is 2. The quantitative estimate of drug-likeness (QED) is 0.409. The lowest BCUT2D eigenvalue weighted by molar-refractivity contribution is -0.273. The van der Waals surface area contributed by atoms with Crippen LogP contribution in [0.5, 0.6) is 0 Å². The second-order valence-corrected chi connectivity index (χ2v) is 16.0. The van der Waals surface area contributed by atoms with Crippen molar-refractivity contribution in [1.29, 1.82) is 0 Å². The van der Waals surface area contributed by atoms with Crippen molar-refractivity contribution >= 4 is 11.8 Å². The van der Waals surface area contributed by atoms with Crippen LogP contribution in [0.25, 0.3) is 0 Å². The van der Waals surface area contributed by atoms with Crippen molar-refractivity contribution in [3.05, 3.63) is 30.1 Å². The Morgan fingerprint density at radius 1 is 0.977 bits per heavy atom. The summed E-state index contributed by atoms with van der Waals surface area (Å²) in [7, 11) is 0. The van der Waals surface area contributed by atoms with Crippen molar-refractivity contribution < 1.29 is 19.1 Å². The topological polar surface area (TPSA) is 89.5 Å². The van der Waals surface area contributed by atoms with Gasteiger partial charge in [0.25, 0.3) is 0 Å². The van der Waals surface area contributed by atoms with E-state index in [1.807, 2.05) is 12.1 Å². The molecule has 6 fully saturated rings. The molecule has 4 aliphatic carbocycles. The summed E-state index contributed by atoms with van der Waals surface area (Å²) in [5.74, 6) is 3.97. The molecule has 2 amide bonds. The molecular formula is C36H53N3O4. The van der Waals surface area contributed by atoms with Crippen LogP contribution in [0.2, 0.25) is 0 Å². The second kappa shape index (κ2) is 11.1. The number of aromatic nitrogens is 1. The lowest BCUT2D eigenvalue weighted by Gasteiger charge is -2.61. The van der Waals surface area contributed by atoms with E-state index in [0.29, 0.717) is 47.2 Å². The predicted molar refractivity (Wildman–Crippen MR) is 164 cm³/mol. The summed E-state index contributed by atoms with van der Waals surface area (Å²) in [4.78, 5) is 29.3. The number of nitrogens with one attached hydrogen (secondary N) is 2. The molecule has 1 spiro atoms. The highest BCUT2D eigenvalue weighted by atomic mass is 16.7. The van der Waals surface area contributed by atoms with Crippen LogP contribution in [0.15, 0.2) is 24.5 Å². The van der Waals surface area contributed by atoms with Crippen LogP contribution in [-0.4, -0.2) is 41.3 Å². The number of carbonyl (C=O) groups is 2. The van der Waals surface area contributed by atoms with Gasteiger partial charge in [-0.25, -0.2) is 0 Å². The van der Waals surface area contributed by atoms with E-state index in [-0.39, 0.29) is 30.1 Å². The molecule has 2 aliphatic heterocycles. The maximum atomic E-state index is 12.8. The maximum Gasteiger partial charge on any atom is 0.229 e. The zero-order chi connectivity index (χ0) is 30.0. The van der Waals surface area contributed by atoms with Crippen LogP contribution >= 0.6 is 0 Å². The van der Waals surface area contributed by atoms with Crippen molar-refractivity contribution in [2.24, 2.45) is 52.3 Å². The normalized spacial score (nSPS) is 46.7. The zero-order valence-electron chi connectivity index (χ0n) is 26.8. The van der Waals surface area contributed by atoms with E-state index in [9.17, 15) is 9.59 Å². The predicted octanol–water partition coefficient (Wildman–Crippen LogP) is 6.02. The summed E-state index contributed by atoms with van der Waals surface area (Å²) >= 11 is 0. The van der Waals surface area contributed by atoms with E-state index in [2.05, 4.69) is 43.3 Å². The first-order valence-electron chi connectivity index (χ1n) is 17.4. The van der Waals surface area contributed by atoms with Gasteiger partial charge < -0.3 is 20.1 Å². The number of hydrogen-bond donors (Lipinski definition) is 2. The fourth-order valence-corrected chi connectivity index (χ4v) is 11.6. The van der Waals surface area contributed by atoms with E-state index >= 15 is 0 Å². The monoisotopic (exact) mass is 591 g/mol. The molecule has 236 valence electrons. The third-order valence-electron chi connectivity index (χ3n) is 13.8. The lowest BCUT2D eigenvalue weighted by atomic mass is 9.44. The second-order valence-electron chi connectivity index (χ2n) is 16.0. The largest absolute Gasteiger partial charge is 0.353 e. The van der Waals surface area contributed by atoms with Gasteiger partial charge in [-0.3, -0.25) is 14.6 Å². The number of nitrogens with zero attached hydrogens (tertiary/aromatic N) is 1. The van der Waals surface area contributed by atoms with E-state index in [4.69, 9.17) is 9.47 Å². The minimum atomic E-state index is -0.334. The first-order valence-corrected chi connectivity index (χ1v) is 17.4. The lowest BCUT2D eigenvalue weighted by Crippen LogP contribution is -2.56. The summed E-state index contributed by atoms with van der Waals surface area (Å²) < 4.78 is 13.5. The Kier molecular flexibility index (Phi) is 7.68. The number of ether oxygens (including phenoxy) is 2. The zero-order valence-corrected chi connectivity index (χ0v) is 26.8. The van der Waals surface area contributed by atoms with E-state index in [0.717, 1.165) is 49.2 Å². The molecule has 1 aromatic heterocycles. The molecule has 43 heavy (non-hydrogen) atoms.